The Kier molecular flexibility index (Phi) is 3.89. The van der Waals surface area contributed by atoms with Crippen molar-refractivity contribution in [1.82, 2.24) is 10.3 Å². The standard InChI is InChI=1S/C15H18N2/c1-12-4-3-5-14(8-12)9-17-11-15-10-16-7-6-13(15)2/h3-8,10,17H,9,11H2,1-2H3. The number of nitrogens with zero attached hydrogens (tertiary/aromatic N) is 1. The number of aromatic nitrogens is 1. The van der Waals surface area contributed by atoms with Gasteiger partial charge in [-0.1, -0.05) is 29.8 Å². The van der Waals surface area contributed by atoms with Gasteiger partial charge < -0.3 is 5.32 Å². The van der Waals surface area contributed by atoms with E-state index >= 15 is 0 Å². The molecule has 17 heavy (non-hydrogen) atoms. The van der Waals surface area contributed by atoms with Crippen molar-refractivity contribution < 1.29 is 0 Å². The number of aryl methyl sites for hydroxylation is 2. The summed E-state index contributed by atoms with van der Waals surface area (Å²) in [6, 6.07) is 10.6. The van der Waals surface area contributed by atoms with Crippen LogP contribution < -0.4 is 5.32 Å². The minimum absolute atomic E-state index is 0.869. The minimum atomic E-state index is 0.869. The second kappa shape index (κ2) is 5.60. The normalized spacial score (nSPS) is 10.5. The van der Waals surface area contributed by atoms with Crippen LogP contribution in [0.3, 0.4) is 0 Å². The Morgan fingerprint density at radius 2 is 2.00 bits per heavy atom. The molecule has 0 aliphatic heterocycles. The first kappa shape index (κ1) is 11.8. The molecule has 1 aromatic heterocycles. The molecule has 2 rings (SSSR count). The van der Waals surface area contributed by atoms with Crippen LogP contribution in [0.1, 0.15) is 22.3 Å². The van der Waals surface area contributed by atoms with E-state index in [1.807, 2.05) is 18.5 Å². The second-order valence-corrected chi connectivity index (χ2v) is 4.39. The second-order valence-electron chi connectivity index (χ2n) is 4.39. The molecule has 0 fully saturated rings. The lowest BCUT2D eigenvalue weighted by Crippen LogP contribution is -2.13. The molecule has 0 aliphatic carbocycles. The third kappa shape index (κ3) is 3.40. The van der Waals surface area contributed by atoms with Gasteiger partial charge in [0.2, 0.25) is 0 Å². The van der Waals surface area contributed by atoms with Crippen LogP contribution in [0.4, 0.5) is 0 Å². The molecule has 0 atom stereocenters. The van der Waals surface area contributed by atoms with Gasteiger partial charge in [0.25, 0.3) is 0 Å². The first-order valence-electron chi connectivity index (χ1n) is 5.91. The smallest absolute Gasteiger partial charge is 0.0315 e. The van der Waals surface area contributed by atoms with Crippen molar-refractivity contribution in [1.29, 1.82) is 0 Å². The van der Waals surface area contributed by atoms with Crippen LogP contribution in [0.2, 0.25) is 0 Å². The first-order valence-corrected chi connectivity index (χ1v) is 5.91. The van der Waals surface area contributed by atoms with E-state index in [-0.39, 0.29) is 0 Å². The third-order valence-corrected chi connectivity index (χ3v) is 2.87. The van der Waals surface area contributed by atoms with E-state index in [1.165, 1.54) is 22.3 Å². The van der Waals surface area contributed by atoms with Crippen molar-refractivity contribution in [2.75, 3.05) is 0 Å². The van der Waals surface area contributed by atoms with Gasteiger partial charge in [-0.2, -0.15) is 0 Å². The zero-order chi connectivity index (χ0) is 12.1. The van der Waals surface area contributed by atoms with Crippen molar-refractivity contribution in [2.24, 2.45) is 0 Å². The Bertz CT molecular complexity index is 492. The van der Waals surface area contributed by atoms with E-state index in [1.54, 1.807) is 0 Å². The molecule has 0 radical (unpaired) electrons. The van der Waals surface area contributed by atoms with Crippen molar-refractivity contribution in [3.05, 3.63) is 65.0 Å². The topological polar surface area (TPSA) is 24.9 Å². The van der Waals surface area contributed by atoms with E-state index in [2.05, 4.69) is 48.4 Å². The van der Waals surface area contributed by atoms with E-state index in [0.717, 1.165) is 13.1 Å². The summed E-state index contributed by atoms with van der Waals surface area (Å²) in [5, 5.41) is 3.45. The molecule has 0 saturated carbocycles. The molecule has 0 saturated heterocycles. The highest BCUT2D eigenvalue weighted by Gasteiger charge is 1.97. The van der Waals surface area contributed by atoms with Gasteiger partial charge in [0, 0.05) is 25.5 Å². The summed E-state index contributed by atoms with van der Waals surface area (Å²) in [6.07, 6.45) is 3.76. The van der Waals surface area contributed by atoms with Gasteiger partial charge in [0.05, 0.1) is 0 Å². The zero-order valence-corrected chi connectivity index (χ0v) is 10.4. The highest BCUT2D eigenvalue weighted by molar-refractivity contribution is 5.23. The molecule has 0 aliphatic rings. The summed E-state index contributed by atoms with van der Waals surface area (Å²) >= 11 is 0. The van der Waals surface area contributed by atoms with Crippen molar-refractivity contribution in [2.45, 2.75) is 26.9 Å². The summed E-state index contributed by atoms with van der Waals surface area (Å²) in [7, 11) is 0. The average molecular weight is 226 g/mol. The van der Waals surface area contributed by atoms with Gasteiger partial charge in [-0.3, -0.25) is 4.98 Å². The molecule has 0 spiro atoms. The van der Waals surface area contributed by atoms with E-state index < -0.39 is 0 Å². The first-order chi connectivity index (χ1) is 8.25. The number of benzene rings is 1. The maximum atomic E-state index is 4.15. The largest absolute Gasteiger partial charge is 0.309 e. The lowest BCUT2D eigenvalue weighted by molar-refractivity contribution is 0.688. The molecule has 88 valence electrons. The van der Waals surface area contributed by atoms with Crippen LogP contribution in [0.5, 0.6) is 0 Å². The van der Waals surface area contributed by atoms with Gasteiger partial charge in [0.15, 0.2) is 0 Å². The molecule has 0 bridgehead atoms. The number of hydrogen-bond acceptors (Lipinski definition) is 2. The molecule has 2 nitrogen and oxygen atoms in total. The van der Waals surface area contributed by atoms with Gasteiger partial charge in [-0.15, -0.1) is 0 Å². The summed E-state index contributed by atoms with van der Waals surface area (Å²) in [4.78, 5) is 4.15. The Morgan fingerprint density at radius 1 is 1.12 bits per heavy atom. The molecule has 2 aromatic rings. The number of pyridine rings is 1. The van der Waals surface area contributed by atoms with Crippen LogP contribution in [0.25, 0.3) is 0 Å². The monoisotopic (exact) mass is 226 g/mol. The Balaban J connectivity index is 1.90. The molecule has 0 amide bonds. The Hall–Kier alpha value is -1.67. The average Bonchev–Trinajstić information content (AvgIpc) is 2.32. The maximum absolute atomic E-state index is 4.15. The van der Waals surface area contributed by atoms with E-state index in [9.17, 15) is 0 Å². The Labute approximate surface area is 103 Å². The van der Waals surface area contributed by atoms with Crippen LogP contribution >= 0.6 is 0 Å². The number of rotatable bonds is 4. The van der Waals surface area contributed by atoms with Crippen molar-refractivity contribution in [3.63, 3.8) is 0 Å². The predicted molar refractivity (Wildman–Crippen MR) is 70.7 cm³/mol. The molecule has 1 heterocycles. The summed E-state index contributed by atoms with van der Waals surface area (Å²) < 4.78 is 0. The van der Waals surface area contributed by atoms with Gasteiger partial charge in [0.1, 0.15) is 0 Å². The van der Waals surface area contributed by atoms with Crippen LogP contribution in [-0.2, 0) is 13.1 Å². The fourth-order valence-electron chi connectivity index (χ4n) is 1.85. The number of hydrogen-bond donors (Lipinski definition) is 1. The molecule has 2 heteroatoms. The van der Waals surface area contributed by atoms with E-state index in [4.69, 9.17) is 0 Å². The minimum Gasteiger partial charge on any atom is -0.309 e. The molecular formula is C15H18N2. The quantitative estimate of drug-likeness (QED) is 0.867. The van der Waals surface area contributed by atoms with E-state index in [0.29, 0.717) is 0 Å². The SMILES string of the molecule is Cc1cccc(CNCc2cnccc2C)c1. The highest BCUT2D eigenvalue weighted by atomic mass is 14.8. The van der Waals surface area contributed by atoms with Crippen LogP contribution in [0, 0.1) is 13.8 Å². The number of nitrogens with one attached hydrogen (secondary N) is 1. The molecule has 1 N–H and O–H groups in total. The predicted octanol–water partition coefficient (Wildman–Crippen LogP) is 2.99. The maximum Gasteiger partial charge on any atom is 0.0315 e. The lowest BCUT2D eigenvalue weighted by atomic mass is 10.1. The molecule has 1 aromatic carbocycles. The van der Waals surface area contributed by atoms with Gasteiger partial charge in [-0.25, -0.2) is 0 Å². The van der Waals surface area contributed by atoms with Gasteiger partial charge in [-0.05, 0) is 36.6 Å². The summed E-state index contributed by atoms with van der Waals surface area (Å²) in [5.74, 6) is 0. The third-order valence-electron chi connectivity index (χ3n) is 2.87. The fourth-order valence-corrected chi connectivity index (χ4v) is 1.85. The lowest BCUT2D eigenvalue weighted by Gasteiger charge is -2.07. The van der Waals surface area contributed by atoms with Crippen molar-refractivity contribution in [3.8, 4) is 0 Å². The van der Waals surface area contributed by atoms with Crippen molar-refractivity contribution >= 4 is 0 Å². The highest BCUT2D eigenvalue weighted by Crippen LogP contribution is 2.06. The summed E-state index contributed by atoms with van der Waals surface area (Å²) in [5.41, 5.74) is 5.19. The molecular weight excluding hydrogens is 208 g/mol. The fraction of sp³-hybridized carbons (Fsp3) is 0.267. The summed E-state index contributed by atoms with van der Waals surface area (Å²) in [6.45, 7) is 6.00. The Morgan fingerprint density at radius 3 is 2.76 bits per heavy atom. The zero-order valence-electron chi connectivity index (χ0n) is 10.4. The van der Waals surface area contributed by atoms with Crippen LogP contribution in [-0.4, -0.2) is 4.98 Å². The molecule has 0 unspecified atom stereocenters. The van der Waals surface area contributed by atoms with Gasteiger partial charge >= 0.3 is 0 Å². The van der Waals surface area contributed by atoms with Crippen LogP contribution in [0.15, 0.2) is 42.7 Å².